The number of amides is 2. The Balaban J connectivity index is 1.81. The number of likely N-dealkylation sites (N-methyl/N-ethyl adjacent to an activating group) is 1. The van der Waals surface area contributed by atoms with Gasteiger partial charge in [0.25, 0.3) is 11.8 Å². The monoisotopic (exact) mass is 316 g/mol. The van der Waals surface area contributed by atoms with E-state index in [2.05, 4.69) is 10.3 Å². The summed E-state index contributed by atoms with van der Waals surface area (Å²) in [5, 5.41) is 5.17. The zero-order valence-corrected chi connectivity index (χ0v) is 12.9. The molecule has 1 aliphatic heterocycles. The van der Waals surface area contributed by atoms with E-state index < -0.39 is 0 Å². The van der Waals surface area contributed by atoms with Crippen molar-refractivity contribution in [3.63, 3.8) is 0 Å². The lowest BCUT2D eigenvalue weighted by molar-refractivity contribution is 0.0780. The van der Waals surface area contributed by atoms with Crippen molar-refractivity contribution < 1.29 is 9.59 Å². The SMILES string of the molecule is CN1CCc2ccc(NC(=O)c3csc(CN)n3)cc2C1=O. The first-order valence-electron chi connectivity index (χ1n) is 6.92. The van der Waals surface area contributed by atoms with Crippen LogP contribution in [0, 0.1) is 0 Å². The number of aromatic nitrogens is 1. The van der Waals surface area contributed by atoms with Crippen molar-refractivity contribution in [3.05, 3.63) is 45.4 Å². The number of anilines is 1. The molecule has 0 unspecified atom stereocenters. The fraction of sp³-hybridized carbons (Fsp3) is 0.267. The quantitative estimate of drug-likeness (QED) is 0.898. The molecule has 0 spiro atoms. The van der Waals surface area contributed by atoms with E-state index in [1.54, 1.807) is 23.4 Å². The minimum Gasteiger partial charge on any atom is -0.341 e. The molecule has 1 aliphatic rings. The predicted molar refractivity (Wildman–Crippen MR) is 85.1 cm³/mol. The van der Waals surface area contributed by atoms with Crippen molar-refractivity contribution in [2.75, 3.05) is 18.9 Å². The van der Waals surface area contributed by atoms with Crippen LogP contribution in [-0.2, 0) is 13.0 Å². The summed E-state index contributed by atoms with van der Waals surface area (Å²) in [6.45, 7) is 1.04. The largest absolute Gasteiger partial charge is 0.341 e. The van der Waals surface area contributed by atoms with E-state index in [-0.39, 0.29) is 11.8 Å². The van der Waals surface area contributed by atoms with Gasteiger partial charge >= 0.3 is 0 Å². The molecule has 3 rings (SSSR count). The van der Waals surface area contributed by atoms with Crippen molar-refractivity contribution in [3.8, 4) is 0 Å². The van der Waals surface area contributed by atoms with Crippen LogP contribution < -0.4 is 11.1 Å². The number of thiazole rings is 1. The van der Waals surface area contributed by atoms with Crippen molar-refractivity contribution in [1.82, 2.24) is 9.88 Å². The molecule has 0 bridgehead atoms. The van der Waals surface area contributed by atoms with Gasteiger partial charge in [0.15, 0.2) is 0 Å². The molecule has 7 heteroatoms. The molecule has 114 valence electrons. The summed E-state index contributed by atoms with van der Waals surface area (Å²) in [5.41, 5.74) is 8.09. The Morgan fingerprint density at radius 1 is 1.50 bits per heavy atom. The Bertz CT molecular complexity index is 741. The summed E-state index contributed by atoms with van der Waals surface area (Å²) in [4.78, 5) is 30.1. The van der Waals surface area contributed by atoms with E-state index in [4.69, 9.17) is 5.73 Å². The van der Waals surface area contributed by atoms with Crippen LogP contribution in [0.25, 0.3) is 0 Å². The van der Waals surface area contributed by atoms with Gasteiger partial charge in [0, 0.05) is 36.8 Å². The van der Waals surface area contributed by atoms with Gasteiger partial charge in [-0.25, -0.2) is 4.98 Å². The van der Waals surface area contributed by atoms with Crippen LogP contribution in [0.3, 0.4) is 0 Å². The molecule has 2 amide bonds. The highest BCUT2D eigenvalue weighted by atomic mass is 32.1. The number of fused-ring (bicyclic) bond motifs is 1. The van der Waals surface area contributed by atoms with Crippen LogP contribution >= 0.6 is 11.3 Å². The van der Waals surface area contributed by atoms with Crippen LogP contribution in [0.2, 0.25) is 0 Å². The van der Waals surface area contributed by atoms with E-state index in [0.29, 0.717) is 28.5 Å². The fourth-order valence-corrected chi connectivity index (χ4v) is 3.03. The number of carbonyl (C=O) groups excluding carboxylic acids is 2. The number of rotatable bonds is 3. The molecule has 0 saturated carbocycles. The maximum absolute atomic E-state index is 12.2. The molecule has 0 radical (unpaired) electrons. The summed E-state index contributed by atoms with van der Waals surface area (Å²) in [6, 6.07) is 5.43. The number of nitrogens with one attached hydrogen (secondary N) is 1. The second-order valence-corrected chi connectivity index (χ2v) is 6.08. The number of hydrogen-bond donors (Lipinski definition) is 2. The van der Waals surface area contributed by atoms with Crippen LogP contribution in [0.15, 0.2) is 23.6 Å². The van der Waals surface area contributed by atoms with E-state index >= 15 is 0 Å². The Morgan fingerprint density at radius 3 is 3.05 bits per heavy atom. The van der Waals surface area contributed by atoms with Gasteiger partial charge in [0.1, 0.15) is 10.7 Å². The Labute approximate surface area is 132 Å². The Morgan fingerprint density at radius 2 is 2.32 bits per heavy atom. The standard InChI is InChI=1S/C15H16N4O2S/c1-19-5-4-9-2-3-10(6-11(9)15(19)21)17-14(20)12-8-22-13(7-16)18-12/h2-3,6,8H,4-5,7,16H2,1H3,(H,17,20). The van der Waals surface area contributed by atoms with Gasteiger partial charge in [-0.3, -0.25) is 9.59 Å². The van der Waals surface area contributed by atoms with Gasteiger partial charge in [-0.15, -0.1) is 11.3 Å². The number of hydrogen-bond acceptors (Lipinski definition) is 5. The molecule has 2 aromatic rings. The molecular formula is C15H16N4O2S. The molecule has 6 nitrogen and oxygen atoms in total. The minimum atomic E-state index is -0.299. The summed E-state index contributed by atoms with van der Waals surface area (Å²) >= 11 is 1.35. The highest BCUT2D eigenvalue weighted by Gasteiger charge is 2.22. The second kappa shape index (κ2) is 5.86. The summed E-state index contributed by atoms with van der Waals surface area (Å²) in [6.07, 6.45) is 0.831. The molecule has 3 N–H and O–H groups in total. The molecule has 1 aromatic carbocycles. The third kappa shape index (κ3) is 2.72. The molecule has 0 saturated heterocycles. The zero-order valence-electron chi connectivity index (χ0n) is 12.1. The van der Waals surface area contributed by atoms with E-state index in [1.165, 1.54) is 11.3 Å². The van der Waals surface area contributed by atoms with Crippen LogP contribution in [0.5, 0.6) is 0 Å². The van der Waals surface area contributed by atoms with E-state index in [1.807, 2.05) is 12.1 Å². The summed E-state index contributed by atoms with van der Waals surface area (Å²) in [7, 11) is 1.78. The normalized spacial score (nSPS) is 13.9. The number of carbonyl (C=O) groups is 2. The molecule has 2 heterocycles. The lowest BCUT2D eigenvalue weighted by Gasteiger charge is -2.25. The predicted octanol–water partition coefficient (Wildman–Crippen LogP) is 1.48. The van der Waals surface area contributed by atoms with Crippen molar-refractivity contribution in [1.29, 1.82) is 0 Å². The fourth-order valence-electron chi connectivity index (χ4n) is 2.37. The molecule has 1 aromatic heterocycles. The maximum atomic E-state index is 12.2. The van der Waals surface area contributed by atoms with E-state index in [0.717, 1.165) is 18.5 Å². The van der Waals surface area contributed by atoms with Gasteiger partial charge < -0.3 is 16.0 Å². The zero-order chi connectivity index (χ0) is 15.7. The van der Waals surface area contributed by atoms with E-state index in [9.17, 15) is 9.59 Å². The Kier molecular flexibility index (Phi) is 3.91. The third-order valence-corrected chi connectivity index (χ3v) is 4.49. The molecule has 0 fully saturated rings. The molecule has 0 atom stereocenters. The summed E-state index contributed by atoms with van der Waals surface area (Å²) < 4.78 is 0. The van der Waals surface area contributed by atoms with Crippen molar-refractivity contribution in [2.45, 2.75) is 13.0 Å². The average Bonchev–Trinajstić information content (AvgIpc) is 3.00. The smallest absolute Gasteiger partial charge is 0.275 e. The van der Waals surface area contributed by atoms with Crippen molar-refractivity contribution in [2.24, 2.45) is 5.73 Å². The summed E-state index contributed by atoms with van der Waals surface area (Å²) in [5.74, 6) is -0.316. The third-order valence-electron chi connectivity index (χ3n) is 3.62. The highest BCUT2D eigenvalue weighted by Crippen LogP contribution is 2.22. The van der Waals surface area contributed by atoms with Crippen LogP contribution in [0.4, 0.5) is 5.69 Å². The number of nitrogens with zero attached hydrogens (tertiary/aromatic N) is 2. The minimum absolute atomic E-state index is 0.0172. The topological polar surface area (TPSA) is 88.3 Å². The first kappa shape index (κ1) is 14.7. The van der Waals surface area contributed by atoms with Gasteiger partial charge in [0.05, 0.1) is 0 Å². The molecular weight excluding hydrogens is 300 g/mol. The van der Waals surface area contributed by atoms with Gasteiger partial charge in [-0.2, -0.15) is 0 Å². The lowest BCUT2D eigenvalue weighted by atomic mass is 9.99. The Hall–Kier alpha value is -2.25. The van der Waals surface area contributed by atoms with Crippen molar-refractivity contribution >= 4 is 28.8 Å². The maximum Gasteiger partial charge on any atom is 0.275 e. The van der Waals surface area contributed by atoms with Crippen LogP contribution in [0.1, 0.15) is 31.4 Å². The first-order valence-corrected chi connectivity index (χ1v) is 7.80. The number of benzene rings is 1. The molecule has 0 aliphatic carbocycles. The van der Waals surface area contributed by atoms with Gasteiger partial charge in [-0.05, 0) is 24.1 Å². The highest BCUT2D eigenvalue weighted by molar-refractivity contribution is 7.09. The van der Waals surface area contributed by atoms with Crippen LogP contribution in [-0.4, -0.2) is 35.3 Å². The van der Waals surface area contributed by atoms with Gasteiger partial charge in [0.2, 0.25) is 0 Å². The first-order chi connectivity index (χ1) is 10.6. The molecule has 22 heavy (non-hydrogen) atoms. The average molecular weight is 316 g/mol. The number of nitrogens with two attached hydrogens (primary N) is 1. The van der Waals surface area contributed by atoms with Gasteiger partial charge in [-0.1, -0.05) is 6.07 Å². The lowest BCUT2D eigenvalue weighted by Crippen LogP contribution is -2.34. The second-order valence-electron chi connectivity index (χ2n) is 5.13.